The van der Waals surface area contributed by atoms with Gasteiger partial charge < -0.3 is 5.32 Å². The van der Waals surface area contributed by atoms with E-state index in [2.05, 4.69) is 56.7 Å². The van der Waals surface area contributed by atoms with Gasteiger partial charge in [0.2, 0.25) is 0 Å². The summed E-state index contributed by atoms with van der Waals surface area (Å²) < 4.78 is 2.35. The molecule has 0 aliphatic carbocycles. The number of rotatable bonds is 5. The molecule has 1 aromatic rings. The number of hydrogen-bond donors (Lipinski definition) is 1. The zero-order valence-electron chi connectivity index (χ0n) is 8.02. The van der Waals surface area contributed by atoms with E-state index in [9.17, 15) is 0 Å². The molecule has 1 N–H and O–H groups in total. The Morgan fingerprint density at radius 3 is 2.79 bits per heavy atom. The van der Waals surface area contributed by atoms with Gasteiger partial charge in [-0.1, -0.05) is 13.0 Å². The van der Waals surface area contributed by atoms with Crippen molar-refractivity contribution in [3.63, 3.8) is 0 Å². The Balaban J connectivity index is 2.85. The zero-order valence-corrected chi connectivity index (χ0v) is 12.0. The second kappa shape index (κ2) is 6.05. The van der Waals surface area contributed by atoms with Gasteiger partial charge in [0.1, 0.15) is 0 Å². The van der Waals surface area contributed by atoms with Gasteiger partial charge >= 0.3 is 0 Å². The molecule has 0 aliphatic rings. The largest absolute Gasteiger partial charge is 0.310 e. The molecule has 1 heterocycles. The third-order valence-corrected chi connectivity index (χ3v) is 4.30. The Morgan fingerprint density at radius 2 is 2.36 bits per heavy atom. The molecule has 0 spiro atoms. The Kier molecular flexibility index (Phi) is 5.38. The van der Waals surface area contributed by atoms with E-state index < -0.39 is 0 Å². The molecule has 78 valence electrons. The molecule has 14 heavy (non-hydrogen) atoms. The zero-order chi connectivity index (χ0) is 10.6. The van der Waals surface area contributed by atoms with Gasteiger partial charge in [0, 0.05) is 6.04 Å². The van der Waals surface area contributed by atoms with Crippen LogP contribution in [0.4, 0.5) is 0 Å². The van der Waals surface area contributed by atoms with Gasteiger partial charge in [0.15, 0.2) is 0 Å². The summed E-state index contributed by atoms with van der Waals surface area (Å²) in [7, 11) is 0. The maximum atomic E-state index is 3.78. The molecular formula is C10H13Br2NS. The highest BCUT2D eigenvalue weighted by atomic mass is 79.9. The highest BCUT2D eigenvalue weighted by Crippen LogP contribution is 2.36. The van der Waals surface area contributed by atoms with Crippen LogP contribution in [0.25, 0.3) is 0 Å². The van der Waals surface area contributed by atoms with E-state index in [1.165, 1.54) is 9.35 Å². The van der Waals surface area contributed by atoms with Gasteiger partial charge in [-0.2, -0.15) is 0 Å². The predicted octanol–water partition coefficient (Wildman–Crippen LogP) is 4.50. The second-order valence-corrected chi connectivity index (χ2v) is 6.66. The fraction of sp³-hybridized carbons (Fsp3) is 0.400. The lowest BCUT2D eigenvalue weighted by Crippen LogP contribution is -2.19. The van der Waals surface area contributed by atoms with Crippen LogP contribution >= 0.6 is 43.2 Å². The standard InChI is InChI=1S/C10H13Br2NS/c1-3-5-8(13-4-2)7-6-9(11)14-10(7)12/h3,6,8,13H,1,4-5H2,2H3. The van der Waals surface area contributed by atoms with Crippen LogP contribution in [0.5, 0.6) is 0 Å². The summed E-state index contributed by atoms with van der Waals surface area (Å²) in [6.45, 7) is 6.87. The Labute approximate surface area is 106 Å². The Hall–Kier alpha value is 0.360. The topological polar surface area (TPSA) is 12.0 Å². The normalized spacial score (nSPS) is 12.8. The van der Waals surface area contributed by atoms with E-state index in [-0.39, 0.29) is 0 Å². The number of thiophene rings is 1. The molecule has 0 amide bonds. The van der Waals surface area contributed by atoms with Crippen LogP contribution in [-0.4, -0.2) is 6.54 Å². The molecule has 0 aliphatic heterocycles. The molecule has 4 heteroatoms. The van der Waals surface area contributed by atoms with Gasteiger partial charge in [0.25, 0.3) is 0 Å². The minimum absolute atomic E-state index is 0.370. The molecule has 1 unspecified atom stereocenters. The summed E-state index contributed by atoms with van der Waals surface area (Å²) in [5.41, 5.74) is 1.31. The van der Waals surface area contributed by atoms with Crippen LogP contribution in [0.2, 0.25) is 0 Å². The van der Waals surface area contributed by atoms with E-state index in [0.717, 1.165) is 16.8 Å². The fourth-order valence-corrected chi connectivity index (χ4v) is 4.30. The first-order valence-electron chi connectivity index (χ1n) is 4.48. The maximum Gasteiger partial charge on any atom is 0.0758 e. The molecule has 1 rings (SSSR count). The lowest BCUT2D eigenvalue weighted by atomic mass is 10.1. The number of nitrogens with one attached hydrogen (secondary N) is 1. The maximum absolute atomic E-state index is 3.78. The van der Waals surface area contributed by atoms with Gasteiger partial charge in [-0.05, 0) is 56.5 Å². The molecule has 0 aromatic carbocycles. The smallest absolute Gasteiger partial charge is 0.0758 e. The monoisotopic (exact) mass is 337 g/mol. The van der Waals surface area contributed by atoms with Crippen molar-refractivity contribution in [3.8, 4) is 0 Å². The first kappa shape index (κ1) is 12.4. The first-order chi connectivity index (χ1) is 6.69. The van der Waals surface area contributed by atoms with E-state index >= 15 is 0 Å². The van der Waals surface area contributed by atoms with E-state index in [1.54, 1.807) is 11.3 Å². The van der Waals surface area contributed by atoms with E-state index in [1.807, 2.05) is 6.08 Å². The van der Waals surface area contributed by atoms with Crippen molar-refractivity contribution in [3.05, 3.63) is 31.9 Å². The predicted molar refractivity (Wildman–Crippen MR) is 71.0 cm³/mol. The van der Waals surface area contributed by atoms with Crippen molar-refractivity contribution >= 4 is 43.2 Å². The van der Waals surface area contributed by atoms with Crippen molar-refractivity contribution in [1.82, 2.24) is 5.32 Å². The molecule has 1 nitrogen and oxygen atoms in total. The summed E-state index contributed by atoms with van der Waals surface area (Å²) in [5, 5.41) is 3.44. The van der Waals surface area contributed by atoms with Crippen LogP contribution in [0, 0.1) is 0 Å². The lowest BCUT2D eigenvalue weighted by Gasteiger charge is -2.15. The lowest BCUT2D eigenvalue weighted by molar-refractivity contribution is 0.559. The van der Waals surface area contributed by atoms with Gasteiger partial charge in [-0.15, -0.1) is 17.9 Å². The minimum atomic E-state index is 0.370. The molecular weight excluding hydrogens is 326 g/mol. The Morgan fingerprint density at radius 1 is 1.64 bits per heavy atom. The summed E-state index contributed by atoms with van der Waals surface area (Å²) in [5.74, 6) is 0. The summed E-state index contributed by atoms with van der Waals surface area (Å²) >= 11 is 8.77. The van der Waals surface area contributed by atoms with Crippen molar-refractivity contribution in [2.75, 3.05) is 6.54 Å². The van der Waals surface area contributed by atoms with E-state index in [4.69, 9.17) is 0 Å². The Bertz CT molecular complexity index is 309. The third-order valence-electron chi connectivity index (χ3n) is 1.91. The van der Waals surface area contributed by atoms with Crippen molar-refractivity contribution in [2.45, 2.75) is 19.4 Å². The molecule has 0 radical (unpaired) electrons. The van der Waals surface area contributed by atoms with Crippen LogP contribution in [0.3, 0.4) is 0 Å². The molecule has 0 saturated carbocycles. The molecule has 1 aromatic heterocycles. The highest BCUT2D eigenvalue weighted by molar-refractivity contribution is 9.12. The van der Waals surface area contributed by atoms with Gasteiger partial charge in [-0.25, -0.2) is 0 Å². The fourth-order valence-electron chi connectivity index (χ4n) is 1.32. The van der Waals surface area contributed by atoms with Gasteiger partial charge in [-0.3, -0.25) is 0 Å². The third kappa shape index (κ3) is 3.19. The average molecular weight is 339 g/mol. The second-order valence-electron chi connectivity index (χ2n) is 2.91. The van der Waals surface area contributed by atoms with Crippen molar-refractivity contribution in [1.29, 1.82) is 0 Å². The number of halogens is 2. The van der Waals surface area contributed by atoms with Crippen molar-refractivity contribution in [2.24, 2.45) is 0 Å². The van der Waals surface area contributed by atoms with Crippen molar-refractivity contribution < 1.29 is 0 Å². The minimum Gasteiger partial charge on any atom is -0.310 e. The molecule has 0 fully saturated rings. The van der Waals surface area contributed by atoms with Crippen LogP contribution < -0.4 is 5.32 Å². The first-order valence-corrected chi connectivity index (χ1v) is 6.88. The summed E-state index contributed by atoms with van der Waals surface area (Å²) in [6, 6.07) is 2.53. The van der Waals surface area contributed by atoms with Crippen LogP contribution in [0.1, 0.15) is 24.9 Å². The molecule has 1 atom stereocenters. The average Bonchev–Trinajstić information content (AvgIpc) is 2.45. The molecule has 0 saturated heterocycles. The van der Waals surface area contributed by atoms with Gasteiger partial charge in [0.05, 0.1) is 7.57 Å². The SMILES string of the molecule is C=CCC(NCC)c1cc(Br)sc1Br. The summed E-state index contributed by atoms with van der Waals surface area (Å²) in [6.07, 6.45) is 2.90. The number of hydrogen-bond acceptors (Lipinski definition) is 2. The quantitative estimate of drug-likeness (QED) is 0.779. The van der Waals surface area contributed by atoms with Crippen LogP contribution in [0.15, 0.2) is 26.3 Å². The highest BCUT2D eigenvalue weighted by Gasteiger charge is 2.14. The van der Waals surface area contributed by atoms with E-state index in [0.29, 0.717) is 6.04 Å². The molecule has 0 bridgehead atoms. The van der Waals surface area contributed by atoms with Crippen LogP contribution in [-0.2, 0) is 0 Å². The summed E-state index contributed by atoms with van der Waals surface area (Å²) in [4.78, 5) is 0.